The third kappa shape index (κ3) is 4.22. The molecule has 5 nitrogen and oxygen atoms in total. The number of aromatic amines is 1. The van der Waals surface area contributed by atoms with Gasteiger partial charge in [0.05, 0.1) is 5.69 Å². The van der Waals surface area contributed by atoms with Gasteiger partial charge in [-0.25, -0.2) is 0 Å². The normalized spacial score (nSPS) is 11.6. The number of aromatic nitrogens is 1. The zero-order valence-corrected chi connectivity index (χ0v) is 14.1. The Morgan fingerprint density at radius 3 is 2.37 bits per heavy atom. The predicted molar refractivity (Wildman–Crippen MR) is 88.6 cm³/mol. The van der Waals surface area contributed by atoms with Crippen LogP contribution in [0.2, 0.25) is 5.02 Å². The number of benzene rings is 2. The highest BCUT2D eigenvalue weighted by atomic mass is 35.5. The molecule has 0 aliphatic heterocycles. The Hall–Kier alpha value is -3.00. The molecule has 2 aromatic carbocycles. The molecule has 0 fully saturated rings. The highest BCUT2D eigenvalue weighted by Gasteiger charge is 2.31. The highest BCUT2D eigenvalue weighted by molar-refractivity contribution is 6.31. The summed E-state index contributed by atoms with van der Waals surface area (Å²) in [5.41, 5.74) is 0.726. The SMILES string of the molecule is O=C([O-])Cc1c(C(=O)c2ccc(OC(F)(F)F)cc2)[nH]c2cc(Cl)ccc12. The quantitative estimate of drug-likeness (QED) is 0.671. The van der Waals surface area contributed by atoms with Gasteiger partial charge >= 0.3 is 6.36 Å². The molecular formula is C18H10ClF3NO4-. The van der Waals surface area contributed by atoms with Crippen LogP contribution >= 0.6 is 11.6 Å². The Bertz CT molecular complexity index is 1030. The highest BCUT2D eigenvalue weighted by Crippen LogP contribution is 2.28. The fraction of sp³-hybridized carbons (Fsp3) is 0.111. The van der Waals surface area contributed by atoms with Gasteiger partial charge in [0, 0.05) is 33.9 Å². The van der Waals surface area contributed by atoms with Gasteiger partial charge < -0.3 is 19.6 Å². The van der Waals surface area contributed by atoms with E-state index in [0.29, 0.717) is 15.9 Å². The van der Waals surface area contributed by atoms with Crippen molar-refractivity contribution in [3.05, 3.63) is 64.3 Å². The Kier molecular flexibility index (Phi) is 4.84. The van der Waals surface area contributed by atoms with Crippen molar-refractivity contribution >= 4 is 34.3 Å². The topological polar surface area (TPSA) is 82.2 Å². The van der Waals surface area contributed by atoms with Crippen molar-refractivity contribution in [2.75, 3.05) is 0 Å². The van der Waals surface area contributed by atoms with E-state index in [9.17, 15) is 27.9 Å². The van der Waals surface area contributed by atoms with E-state index in [2.05, 4.69) is 9.72 Å². The van der Waals surface area contributed by atoms with Crippen LogP contribution < -0.4 is 9.84 Å². The van der Waals surface area contributed by atoms with Crippen molar-refractivity contribution in [3.8, 4) is 5.75 Å². The number of alkyl halides is 3. The van der Waals surface area contributed by atoms with Gasteiger partial charge in [-0.15, -0.1) is 13.2 Å². The molecule has 0 amide bonds. The first-order chi connectivity index (χ1) is 12.6. The van der Waals surface area contributed by atoms with E-state index >= 15 is 0 Å². The summed E-state index contributed by atoms with van der Waals surface area (Å²) in [6.07, 6.45) is -5.36. The van der Waals surface area contributed by atoms with Gasteiger partial charge in [0.2, 0.25) is 5.78 Å². The van der Waals surface area contributed by atoms with Crippen LogP contribution in [0.1, 0.15) is 21.6 Å². The van der Waals surface area contributed by atoms with Crippen molar-refractivity contribution in [1.29, 1.82) is 0 Å². The van der Waals surface area contributed by atoms with E-state index in [1.165, 1.54) is 6.07 Å². The van der Waals surface area contributed by atoms with Crippen LogP contribution in [0.5, 0.6) is 5.75 Å². The molecule has 1 N–H and O–H groups in total. The third-order valence-electron chi connectivity index (χ3n) is 3.77. The Morgan fingerprint density at radius 1 is 1.11 bits per heavy atom. The number of H-pyrrole nitrogens is 1. The summed E-state index contributed by atoms with van der Waals surface area (Å²) in [4.78, 5) is 26.7. The molecule has 0 saturated carbocycles. The second-order valence-corrected chi connectivity index (χ2v) is 6.05. The predicted octanol–water partition coefficient (Wildman–Crippen LogP) is 3.24. The average molecular weight is 397 g/mol. The van der Waals surface area contributed by atoms with E-state index in [0.717, 1.165) is 24.3 Å². The van der Waals surface area contributed by atoms with E-state index in [1.54, 1.807) is 12.1 Å². The first kappa shape index (κ1) is 18.8. The number of ether oxygens (including phenoxy) is 1. The molecular weight excluding hydrogens is 387 g/mol. The van der Waals surface area contributed by atoms with E-state index < -0.39 is 30.3 Å². The summed E-state index contributed by atoms with van der Waals surface area (Å²) in [5.74, 6) is -2.44. The van der Waals surface area contributed by atoms with Crippen LogP contribution in [0.4, 0.5) is 13.2 Å². The first-order valence-corrected chi connectivity index (χ1v) is 7.92. The number of aliphatic carboxylic acids is 1. The fourth-order valence-corrected chi connectivity index (χ4v) is 2.87. The summed E-state index contributed by atoms with van der Waals surface area (Å²) < 4.78 is 40.4. The smallest absolute Gasteiger partial charge is 0.550 e. The molecule has 3 rings (SSSR count). The largest absolute Gasteiger partial charge is 0.573 e. The second kappa shape index (κ2) is 6.96. The molecule has 27 heavy (non-hydrogen) atoms. The number of carboxylic acids is 1. The van der Waals surface area contributed by atoms with Crippen molar-refractivity contribution < 1.29 is 32.6 Å². The summed E-state index contributed by atoms with van der Waals surface area (Å²) in [5, 5.41) is 12.0. The lowest BCUT2D eigenvalue weighted by Gasteiger charge is -2.09. The number of rotatable bonds is 5. The van der Waals surface area contributed by atoms with Crippen LogP contribution in [0.15, 0.2) is 42.5 Å². The van der Waals surface area contributed by atoms with Crippen molar-refractivity contribution in [2.24, 2.45) is 0 Å². The molecule has 0 aliphatic carbocycles. The Labute approximate surface area is 155 Å². The van der Waals surface area contributed by atoms with Gasteiger partial charge in [-0.3, -0.25) is 4.79 Å². The molecule has 0 radical (unpaired) electrons. The third-order valence-corrected chi connectivity index (χ3v) is 4.00. The maximum absolute atomic E-state index is 12.8. The molecule has 0 bridgehead atoms. The van der Waals surface area contributed by atoms with Gasteiger partial charge in [0.1, 0.15) is 5.75 Å². The van der Waals surface area contributed by atoms with Crippen molar-refractivity contribution in [2.45, 2.75) is 12.8 Å². The molecule has 1 aromatic heterocycles. The number of hydrogen-bond donors (Lipinski definition) is 1. The number of nitrogens with one attached hydrogen (secondary N) is 1. The second-order valence-electron chi connectivity index (χ2n) is 5.62. The number of carboxylic acid groups (broad SMARTS) is 1. The first-order valence-electron chi connectivity index (χ1n) is 7.54. The summed E-state index contributed by atoms with van der Waals surface area (Å²) in [7, 11) is 0. The number of ketones is 1. The number of hydrogen-bond acceptors (Lipinski definition) is 4. The maximum atomic E-state index is 12.8. The number of halogens is 4. The van der Waals surface area contributed by atoms with Gasteiger partial charge in [-0.05, 0) is 42.0 Å². The minimum Gasteiger partial charge on any atom is -0.550 e. The lowest BCUT2D eigenvalue weighted by atomic mass is 10.0. The molecule has 3 aromatic rings. The van der Waals surface area contributed by atoms with Gasteiger partial charge in [0.15, 0.2) is 0 Å². The maximum Gasteiger partial charge on any atom is 0.573 e. The average Bonchev–Trinajstić information content (AvgIpc) is 2.90. The van der Waals surface area contributed by atoms with E-state index in [1.807, 2.05) is 0 Å². The number of fused-ring (bicyclic) bond motifs is 1. The lowest BCUT2D eigenvalue weighted by molar-refractivity contribution is -0.304. The molecule has 0 unspecified atom stereocenters. The van der Waals surface area contributed by atoms with Gasteiger partial charge in [0.25, 0.3) is 0 Å². The van der Waals surface area contributed by atoms with Crippen LogP contribution in [0, 0.1) is 0 Å². The number of carbonyl (C=O) groups excluding carboxylic acids is 2. The standard InChI is InChI=1S/C18H11ClF3NO4/c19-10-3-6-12-13(8-15(24)25)16(23-14(12)7-10)17(26)9-1-4-11(5-2-9)27-18(20,21)22/h1-7,23H,8H2,(H,24,25)/p-1. The van der Waals surface area contributed by atoms with E-state index in [4.69, 9.17) is 11.6 Å². The zero-order valence-electron chi connectivity index (χ0n) is 13.4. The molecule has 0 aliphatic rings. The fourth-order valence-electron chi connectivity index (χ4n) is 2.70. The lowest BCUT2D eigenvalue weighted by Crippen LogP contribution is -2.25. The summed E-state index contributed by atoms with van der Waals surface area (Å²) in [6, 6.07) is 8.97. The minimum absolute atomic E-state index is 0.000886. The monoisotopic (exact) mass is 396 g/mol. The van der Waals surface area contributed by atoms with Gasteiger partial charge in [-0.1, -0.05) is 17.7 Å². The molecule has 0 atom stereocenters. The molecule has 140 valence electrons. The van der Waals surface area contributed by atoms with Crippen LogP contribution in [0.25, 0.3) is 10.9 Å². The molecule has 0 spiro atoms. The molecule has 1 heterocycles. The van der Waals surface area contributed by atoms with Gasteiger partial charge in [-0.2, -0.15) is 0 Å². The summed E-state index contributed by atoms with van der Waals surface area (Å²) >= 11 is 5.91. The van der Waals surface area contributed by atoms with Crippen LogP contribution in [0.3, 0.4) is 0 Å². The zero-order chi connectivity index (χ0) is 19.8. The van der Waals surface area contributed by atoms with Crippen LogP contribution in [-0.2, 0) is 11.2 Å². The Balaban J connectivity index is 2.01. The Morgan fingerprint density at radius 2 is 1.78 bits per heavy atom. The molecule has 9 heteroatoms. The minimum atomic E-state index is -4.84. The van der Waals surface area contributed by atoms with E-state index in [-0.39, 0.29) is 16.8 Å². The summed E-state index contributed by atoms with van der Waals surface area (Å²) in [6.45, 7) is 0. The van der Waals surface area contributed by atoms with Crippen molar-refractivity contribution in [1.82, 2.24) is 4.98 Å². The molecule has 0 saturated heterocycles. The van der Waals surface area contributed by atoms with Crippen molar-refractivity contribution in [3.63, 3.8) is 0 Å². The van der Waals surface area contributed by atoms with Crippen LogP contribution in [-0.4, -0.2) is 23.1 Å². The number of carbonyl (C=O) groups is 2.